The van der Waals surface area contributed by atoms with Crippen molar-refractivity contribution in [2.24, 2.45) is 0 Å². The Bertz CT molecular complexity index is 1710. The molecular weight excluding hydrogens is 480 g/mol. The van der Waals surface area contributed by atoms with Gasteiger partial charge in [0.2, 0.25) is 0 Å². The molecule has 5 aromatic carbocycles. The van der Waals surface area contributed by atoms with Gasteiger partial charge in [0.05, 0.1) is 5.41 Å². The van der Waals surface area contributed by atoms with Crippen molar-refractivity contribution in [3.8, 4) is 22.3 Å². The number of hydrogen-bond donors (Lipinski definition) is 0. The van der Waals surface area contributed by atoms with E-state index in [0.717, 1.165) is 17.9 Å². The molecule has 0 fully saturated rings. The third-order valence-corrected chi connectivity index (χ3v) is 8.27. The highest BCUT2D eigenvalue weighted by Gasteiger charge is 2.47. The summed E-state index contributed by atoms with van der Waals surface area (Å²) in [5.41, 5.74) is 12.1. The Kier molecular flexibility index (Phi) is 5.64. The van der Waals surface area contributed by atoms with E-state index in [9.17, 15) is 0 Å². The first-order valence-electron chi connectivity index (χ1n) is 13.3. The maximum absolute atomic E-state index is 6.76. The van der Waals surface area contributed by atoms with Crippen molar-refractivity contribution in [2.75, 3.05) is 0 Å². The van der Waals surface area contributed by atoms with Crippen molar-refractivity contribution in [1.29, 1.82) is 0 Å². The van der Waals surface area contributed by atoms with E-state index in [1.807, 2.05) is 6.07 Å². The van der Waals surface area contributed by atoms with E-state index in [1.165, 1.54) is 55.6 Å². The summed E-state index contributed by atoms with van der Waals surface area (Å²) in [5.74, 6) is 0. The van der Waals surface area contributed by atoms with Crippen LogP contribution in [0.4, 0.5) is 0 Å². The predicted octanol–water partition coefficient (Wildman–Crippen LogP) is 10.1. The zero-order chi connectivity index (χ0) is 25.5. The van der Waals surface area contributed by atoms with E-state index < -0.39 is 5.41 Å². The van der Waals surface area contributed by atoms with E-state index >= 15 is 0 Å². The van der Waals surface area contributed by atoms with Gasteiger partial charge < -0.3 is 0 Å². The monoisotopic (exact) mass is 506 g/mol. The van der Waals surface area contributed by atoms with Crippen LogP contribution in [0.15, 0.2) is 140 Å². The van der Waals surface area contributed by atoms with Crippen LogP contribution in [0.3, 0.4) is 0 Å². The molecule has 0 aromatic heterocycles. The standard InChI is InChI=1S/C37H27Cl/c38-31-22-23-33-35(25-31)37(29-17-8-3-9-18-29,30-19-10-16-28(24-30)26-12-4-1-5-13-26)34-21-11-20-32(36(33)34)27-14-6-2-7-15-27/h2-4,6-25H,1,5H2. The normalized spacial score (nSPS) is 17.6. The molecule has 0 heterocycles. The summed E-state index contributed by atoms with van der Waals surface area (Å²) in [5, 5.41) is 0.757. The number of allylic oxidation sites excluding steroid dienone is 4. The molecule has 0 saturated carbocycles. The summed E-state index contributed by atoms with van der Waals surface area (Å²) < 4.78 is 0. The molecule has 1 atom stereocenters. The van der Waals surface area contributed by atoms with Gasteiger partial charge in [0, 0.05) is 5.02 Å². The first-order valence-corrected chi connectivity index (χ1v) is 13.7. The number of fused-ring (bicyclic) bond motifs is 3. The van der Waals surface area contributed by atoms with Crippen LogP contribution < -0.4 is 0 Å². The van der Waals surface area contributed by atoms with Crippen molar-refractivity contribution in [3.05, 3.63) is 172 Å². The highest BCUT2D eigenvalue weighted by molar-refractivity contribution is 6.30. The topological polar surface area (TPSA) is 0 Å². The first kappa shape index (κ1) is 23.0. The van der Waals surface area contributed by atoms with E-state index in [0.29, 0.717) is 0 Å². The molecule has 0 bridgehead atoms. The van der Waals surface area contributed by atoms with Gasteiger partial charge in [0.1, 0.15) is 0 Å². The van der Waals surface area contributed by atoms with Gasteiger partial charge in [0.25, 0.3) is 0 Å². The predicted molar refractivity (Wildman–Crippen MR) is 161 cm³/mol. The van der Waals surface area contributed by atoms with Gasteiger partial charge >= 0.3 is 0 Å². The van der Waals surface area contributed by atoms with Gasteiger partial charge in [-0.25, -0.2) is 0 Å². The summed E-state index contributed by atoms with van der Waals surface area (Å²) in [4.78, 5) is 0. The fraction of sp³-hybridized carbons (Fsp3) is 0.0811. The van der Waals surface area contributed by atoms with Crippen molar-refractivity contribution in [3.63, 3.8) is 0 Å². The number of hydrogen-bond acceptors (Lipinski definition) is 0. The molecule has 0 N–H and O–H groups in total. The van der Waals surface area contributed by atoms with Crippen LogP contribution in [-0.4, -0.2) is 0 Å². The molecule has 1 heteroatoms. The Hall–Kier alpha value is -4.13. The number of rotatable bonds is 4. The highest BCUT2D eigenvalue weighted by Crippen LogP contribution is 2.58. The lowest BCUT2D eigenvalue weighted by Gasteiger charge is -2.34. The van der Waals surface area contributed by atoms with Gasteiger partial charge in [-0.2, -0.15) is 0 Å². The van der Waals surface area contributed by atoms with Gasteiger partial charge in [-0.05, 0) is 86.7 Å². The van der Waals surface area contributed by atoms with Gasteiger partial charge in [0.15, 0.2) is 0 Å². The summed E-state index contributed by atoms with van der Waals surface area (Å²) in [7, 11) is 0. The number of benzene rings is 5. The van der Waals surface area contributed by atoms with E-state index in [-0.39, 0.29) is 0 Å². The van der Waals surface area contributed by atoms with Crippen LogP contribution in [0.5, 0.6) is 0 Å². The third kappa shape index (κ3) is 3.52. The lowest BCUT2D eigenvalue weighted by atomic mass is 9.67. The molecule has 7 rings (SSSR count). The largest absolute Gasteiger partial charge is 0.0843 e. The van der Waals surface area contributed by atoms with Gasteiger partial charge in [-0.3, -0.25) is 0 Å². The molecule has 5 aromatic rings. The molecule has 1 unspecified atom stereocenters. The van der Waals surface area contributed by atoms with E-state index in [2.05, 4.69) is 133 Å². The second kappa shape index (κ2) is 9.31. The van der Waals surface area contributed by atoms with Crippen LogP contribution in [-0.2, 0) is 5.41 Å². The maximum Gasteiger partial charge on any atom is 0.0714 e. The first-order chi connectivity index (χ1) is 18.8. The van der Waals surface area contributed by atoms with Crippen LogP contribution in [0.1, 0.15) is 40.7 Å². The summed E-state index contributed by atoms with van der Waals surface area (Å²) in [6.07, 6.45) is 9.09. The molecule has 0 spiro atoms. The Labute approximate surface area is 229 Å². The van der Waals surface area contributed by atoms with Crippen molar-refractivity contribution < 1.29 is 0 Å². The summed E-state index contributed by atoms with van der Waals surface area (Å²) in [6, 6.07) is 44.0. The molecule has 182 valence electrons. The van der Waals surface area contributed by atoms with E-state index in [4.69, 9.17) is 11.6 Å². The highest BCUT2D eigenvalue weighted by atomic mass is 35.5. The van der Waals surface area contributed by atoms with Gasteiger partial charge in [-0.15, -0.1) is 0 Å². The Balaban J connectivity index is 1.60. The minimum atomic E-state index is -0.490. The Morgan fingerprint density at radius 1 is 0.553 bits per heavy atom. The molecule has 0 radical (unpaired) electrons. The molecule has 2 aliphatic rings. The zero-order valence-corrected chi connectivity index (χ0v) is 21.8. The van der Waals surface area contributed by atoms with Crippen LogP contribution >= 0.6 is 11.6 Å². The molecule has 0 aliphatic heterocycles. The smallest absolute Gasteiger partial charge is 0.0714 e. The van der Waals surface area contributed by atoms with Gasteiger partial charge in [-0.1, -0.05) is 133 Å². The van der Waals surface area contributed by atoms with Crippen LogP contribution in [0.2, 0.25) is 5.02 Å². The summed E-state index contributed by atoms with van der Waals surface area (Å²) >= 11 is 6.76. The molecule has 0 saturated heterocycles. The third-order valence-electron chi connectivity index (χ3n) is 8.04. The number of halogens is 1. The molecule has 0 amide bonds. The fourth-order valence-electron chi connectivity index (χ4n) is 6.44. The lowest BCUT2D eigenvalue weighted by molar-refractivity contribution is 0.768. The zero-order valence-electron chi connectivity index (χ0n) is 21.1. The van der Waals surface area contributed by atoms with Crippen molar-refractivity contribution in [2.45, 2.75) is 18.3 Å². The fourth-order valence-corrected chi connectivity index (χ4v) is 6.61. The van der Waals surface area contributed by atoms with E-state index in [1.54, 1.807) is 0 Å². The van der Waals surface area contributed by atoms with Crippen molar-refractivity contribution >= 4 is 17.2 Å². The molecule has 2 aliphatic carbocycles. The Morgan fingerprint density at radius 2 is 1.29 bits per heavy atom. The second-order valence-corrected chi connectivity index (χ2v) is 10.6. The Morgan fingerprint density at radius 3 is 2.08 bits per heavy atom. The SMILES string of the molecule is Clc1ccc2c(c1)C(c1ccccc1)(c1cccc(C3=CCCC=C3)c1)c1cccc(-c3ccccc3)c1-2. The minimum Gasteiger partial charge on any atom is -0.0843 e. The van der Waals surface area contributed by atoms with Crippen LogP contribution in [0.25, 0.3) is 27.8 Å². The second-order valence-electron chi connectivity index (χ2n) is 10.1. The quantitative estimate of drug-likeness (QED) is 0.223. The van der Waals surface area contributed by atoms with Crippen LogP contribution in [0, 0.1) is 0 Å². The van der Waals surface area contributed by atoms with Crippen molar-refractivity contribution in [1.82, 2.24) is 0 Å². The molecule has 0 nitrogen and oxygen atoms in total. The molecule has 38 heavy (non-hydrogen) atoms. The average molecular weight is 507 g/mol. The molecular formula is C37H27Cl. The lowest BCUT2D eigenvalue weighted by Crippen LogP contribution is -2.28. The summed E-state index contributed by atoms with van der Waals surface area (Å²) in [6.45, 7) is 0. The minimum absolute atomic E-state index is 0.490. The average Bonchev–Trinajstić information content (AvgIpc) is 3.29. The maximum atomic E-state index is 6.76.